The van der Waals surface area contributed by atoms with E-state index in [1.54, 1.807) is 7.11 Å². The lowest BCUT2D eigenvalue weighted by Gasteiger charge is -2.25. The molecule has 0 amide bonds. The number of hydrogen-bond donors (Lipinski definition) is 1. The summed E-state index contributed by atoms with van der Waals surface area (Å²) in [5, 5.41) is 6.84. The van der Waals surface area contributed by atoms with E-state index in [2.05, 4.69) is 39.4 Å². The molecule has 0 radical (unpaired) electrons. The molecule has 3 aromatic rings. The zero-order valence-corrected chi connectivity index (χ0v) is 14.6. The summed E-state index contributed by atoms with van der Waals surface area (Å²) >= 11 is 0. The van der Waals surface area contributed by atoms with E-state index in [-0.39, 0.29) is 0 Å². The highest BCUT2D eigenvalue weighted by molar-refractivity contribution is 5.65. The molecule has 1 aromatic heterocycles. The SMILES string of the molecule is [2H]C1N(c2ccc(-c3cn[nH]c3)cc2)CCC12Cc1cc(OC)ccc1O2. The van der Waals surface area contributed by atoms with Crippen LogP contribution in [0.25, 0.3) is 11.1 Å². The Morgan fingerprint density at radius 1 is 1.23 bits per heavy atom. The first kappa shape index (κ1) is 14.2. The van der Waals surface area contributed by atoms with Gasteiger partial charge < -0.3 is 14.4 Å². The molecule has 1 fully saturated rings. The maximum atomic E-state index is 8.89. The number of rotatable bonds is 3. The van der Waals surface area contributed by atoms with Crippen LogP contribution in [0.4, 0.5) is 5.69 Å². The Kier molecular flexibility index (Phi) is 3.18. The standard InChI is InChI=1S/C21H21N3O2/c1-25-19-6-7-20-16(10-19)11-21(26-20)8-9-24(14-21)18-4-2-15(3-5-18)17-12-22-23-13-17/h2-7,10,12-13H,8-9,11,14H2,1H3,(H,22,23)/i14D. The monoisotopic (exact) mass is 348 g/mol. The van der Waals surface area contributed by atoms with Crippen LogP contribution in [0, 0.1) is 0 Å². The zero-order chi connectivity index (χ0) is 18.4. The molecule has 1 saturated heterocycles. The van der Waals surface area contributed by atoms with E-state index in [9.17, 15) is 0 Å². The molecule has 1 N–H and O–H groups in total. The summed E-state index contributed by atoms with van der Waals surface area (Å²) in [6, 6.07) is 14.2. The molecule has 5 heteroatoms. The Bertz CT molecular complexity index is 958. The van der Waals surface area contributed by atoms with E-state index >= 15 is 0 Å². The molecule has 0 saturated carbocycles. The molecule has 5 rings (SSSR count). The molecule has 132 valence electrons. The van der Waals surface area contributed by atoms with Gasteiger partial charge in [0.15, 0.2) is 0 Å². The molecule has 3 heterocycles. The summed E-state index contributed by atoms with van der Waals surface area (Å²) in [7, 11) is 1.67. The highest BCUT2D eigenvalue weighted by Gasteiger charge is 2.45. The summed E-state index contributed by atoms with van der Waals surface area (Å²) < 4.78 is 20.5. The molecule has 2 aliphatic heterocycles. The molecule has 26 heavy (non-hydrogen) atoms. The Morgan fingerprint density at radius 3 is 2.88 bits per heavy atom. The van der Waals surface area contributed by atoms with Crippen LogP contribution in [-0.2, 0) is 6.42 Å². The third-order valence-corrected chi connectivity index (χ3v) is 5.27. The predicted molar refractivity (Wildman–Crippen MR) is 101 cm³/mol. The van der Waals surface area contributed by atoms with E-state index in [1.165, 1.54) is 0 Å². The van der Waals surface area contributed by atoms with Gasteiger partial charge in [0.25, 0.3) is 0 Å². The van der Waals surface area contributed by atoms with E-state index in [0.717, 1.165) is 53.3 Å². The van der Waals surface area contributed by atoms with Crippen LogP contribution in [0.5, 0.6) is 11.5 Å². The number of aromatic nitrogens is 2. The molecule has 0 aliphatic carbocycles. The number of methoxy groups -OCH3 is 1. The lowest BCUT2D eigenvalue weighted by molar-refractivity contribution is 0.120. The Hall–Kier alpha value is -2.95. The smallest absolute Gasteiger partial charge is 0.132 e. The second-order valence-electron chi connectivity index (χ2n) is 6.92. The first-order valence-corrected chi connectivity index (χ1v) is 8.83. The summed E-state index contributed by atoms with van der Waals surface area (Å²) in [5.74, 6) is 1.71. The fourth-order valence-electron chi connectivity index (χ4n) is 3.89. The largest absolute Gasteiger partial charge is 0.497 e. The minimum absolute atomic E-state index is 0.448. The second kappa shape index (κ2) is 5.80. The second-order valence-corrected chi connectivity index (χ2v) is 6.92. The first-order chi connectivity index (χ1) is 13.2. The topological polar surface area (TPSA) is 50.4 Å². The third-order valence-electron chi connectivity index (χ3n) is 5.27. The van der Waals surface area contributed by atoms with Crippen molar-refractivity contribution in [2.45, 2.75) is 18.4 Å². The molecule has 2 unspecified atom stereocenters. The van der Waals surface area contributed by atoms with Crippen LogP contribution < -0.4 is 14.4 Å². The molecule has 2 atom stereocenters. The van der Waals surface area contributed by atoms with E-state index in [4.69, 9.17) is 10.8 Å². The van der Waals surface area contributed by atoms with Crippen LogP contribution in [0.15, 0.2) is 54.9 Å². The maximum Gasteiger partial charge on any atom is 0.132 e. The van der Waals surface area contributed by atoms with Gasteiger partial charge >= 0.3 is 0 Å². The molecule has 2 aromatic carbocycles. The molecule has 1 spiro atoms. The van der Waals surface area contributed by atoms with Gasteiger partial charge in [-0.3, -0.25) is 5.10 Å². The maximum absolute atomic E-state index is 8.89. The highest BCUT2D eigenvalue weighted by atomic mass is 16.5. The van der Waals surface area contributed by atoms with Crippen LogP contribution >= 0.6 is 0 Å². The zero-order valence-electron chi connectivity index (χ0n) is 15.6. The number of anilines is 1. The third kappa shape index (κ3) is 2.51. The van der Waals surface area contributed by atoms with Gasteiger partial charge in [-0.05, 0) is 35.9 Å². The van der Waals surface area contributed by atoms with Gasteiger partial charge in [0.05, 0.1) is 21.2 Å². The van der Waals surface area contributed by atoms with Crippen LogP contribution in [0.2, 0.25) is 0 Å². The van der Waals surface area contributed by atoms with Crippen molar-refractivity contribution in [1.29, 1.82) is 0 Å². The van der Waals surface area contributed by atoms with Crippen molar-refractivity contribution in [3.63, 3.8) is 0 Å². The highest BCUT2D eigenvalue weighted by Crippen LogP contribution is 2.42. The van der Waals surface area contributed by atoms with Gasteiger partial charge in [0.1, 0.15) is 17.1 Å². The van der Waals surface area contributed by atoms with Crippen LogP contribution in [0.1, 0.15) is 13.4 Å². The Labute approximate surface area is 154 Å². The van der Waals surface area contributed by atoms with Crippen molar-refractivity contribution in [1.82, 2.24) is 10.2 Å². The number of benzene rings is 2. The number of nitrogens with one attached hydrogen (secondary N) is 1. The summed E-state index contributed by atoms with van der Waals surface area (Å²) in [6.45, 7) is 0.361. The number of fused-ring (bicyclic) bond motifs is 1. The van der Waals surface area contributed by atoms with Gasteiger partial charge in [-0.1, -0.05) is 12.1 Å². The number of aromatic amines is 1. The van der Waals surface area contributed by atoms with Crippen LogP contribution in [0.3, 0.4) is 0 Å². The Morgan fingerprint density at radius 2 is 2.12 bits per heavy atom. The minimum atomic E-state index is -0.488. The van der Waals surface area contributed by atoms with Gasteiger partial charge in [-0.2, -0.15) is 5.10 Å². The molecule has 0 bridgehead atoms. The summed E-state index contributed by atoms with van der Waals surface area (Å²) in [4.78, 5) is 2.13. The van der Waals surface area contributed by atoms with E-state index in [0.29, 0.717) is 0 Å². The van der Waals surface area contributed by atoms with Crippen molar-refractivity contribution in [3.05, 3.63) is 60.4 Å². The normalized spacial score (nSPS) is 24.4. The van der Waals surface area contributed by atoms with Crippen molar-refractivity contribution in [3.8, 4) is 22.6 Å². The molecular formula is C21H21N3O2. The first-order valence-electron chi connectivity index (χ1n) is 9.40. The number of H-pyrrole nitrogens is 1. The predicted octanol–water partition coefficient (Wildman–Crippen LogP) is 3.67. The lowest BCUT2D eigenvalue weighted by Crippen LogP contribution is -2.37. The van der Waals surface area contributed by atoms with Crippen molar-refractivity contribution >= 4 is 5.69 Å². The van der Waals surface area contributed by atoms with E-state index < -0.39 is 12.1 Å². The minimum Gasteiger partial charge on any atom is -0.497 e. The number of hydrogen-bond acceptors (Lipinski definition) is 4. The van der Waals surface area contributed by atoms with E-state index in [1.807, 2.05) is 30.6 Å². The Balaban J connectivity index is 1.38. The lowest BCUT2D eigenvalue weighted by atomic mass is 9.96. The molecule has 2 aliphatic rings. The average Bonchev–Trinajstić information content (AvgIpc) is 3.42. The summed E-state index contributed by atoms with van der Waals surface area (Å²) in [6.07, 6.45) is 5.27. The van der Waals surface area contributed by atoms with Crippen molar-refractivity contribution < 1.29 is 10.8 Å². The fraction of sp³-hybridized carbons (Fsp3) is 0.286. The fourth-order valence-corrected chi connectivity index (χ4v) is 3.89. The number of ether oxygens (including phenoxy) is 2. The van der Waals surface area contributed by atoms with Gasteiger partial charge in [0, 0.05) is 42.4 Å². The number of nitrogens with zero attached hydrogens (tertiary/aromatic N) is 2. The van der Waals surface area contributed by atoms with Gasteiger partial charge in [-0.25, -0.2) is 0 Å². The van der Waals surface area contributed by atoms with Crippen molar-refractivity contribution in [2.75, 3.05) is 25.1 Å². The molecule has 5 nitrogen and oxygen atoms in total. The molecular weight excluding hydrogens is 326 g/mol. The summed E-state index contributed by atoms with van der Waals surface area (Å²) in [5.41, 5.74) is 3.86. The van der Waals surface area contributed by atoms with Crippen molar-refractivity contribution in [2.24, 2.45) is 0 Å². The van der Waals surface area contributed by atoms with Gasteiger partial charge in [0.2, 0.25) is 0 Å². The van der Waals surface area contributed by atoms with Gasteiger partial charge in [-0.15, -0.1) is 0 Å². The van der Waals surface area contributed by atoms with Crippen LogP contribution in [-0.4, -0.2) is 36.0 Å². The quantitative estimate of drug-likeness (QED) is 0.785. The average molecular weight is 348 g/mol.